The van der Waals surface area contributed by atoms with E-state index >= 15 is 0 Å². The first-order valence-electron chi connectivity index (χ1n) is 6.73. The number of anilines is 1. The van der Waals surface area contributed by atoms with Crippen molar-refractivity contribution in [3.05, 3.63) is 41.6 Å². The van der Waals surface area contributed by atoms with Crippen molar-refractivity contribution < 1.29 is 4.74 Å². The lowest BCUT2D eigenvalue weighted by atomic mass is 10.2. The smallest absolute Gasteiger partial charge is 0.124 e. The Kier molecular flexibility index (Phi) is 6.39. The Bertz CT molecular complexity index is 522. The monoisotopic (exact) mass is 295 g/mol. The van der Waals surface area contributed by atoms with Gasteiger partial charge in [0, 0.05) is 19.2 Å². The largest absolute Gasteiger partial charge is 0.494 e. The summed E-state index contributed by atoms with van der Waals surface area (Å²) in [6, 6.07) is 10.2. The molecule has 0 saturated heterocycles. The summed E-state index contributed by atoms with van der Waals surface area (Å²) in [4.78, 5) is 0. The summed E-state index contributed by atoms with van der Waals surface area (Å²) in [7, 11) is 0. The number of hydrogen-bond donors (Lipinski definition) is 1. The van der Waals surface area contributed by atoms with E-state index in [9.17, 15) is 0 Å². The molecule has 0 fully saturated rings. The van der Waals surface area contributed by atoms with E-state index in [-0.39, 0.29) is 12.4 Å². The SMILES string of the molecule is CCOc1ccc(CNc2cc(C)nn2CC)cc1.Cl. The quantitative estimate of drug-likeness (QED) is 0.884. The minimum Gasteiger partial charge on any atom is -0.494 e. The Morgan fingerprint density at radius 1 is 1.20 bits per heavy atom. The van der Waals surface area contributed by atoms with Crippen molar-refractivity contribution in [2.75, 3.05) is 11.9 Å². The average Bonchev–Trinajstić information content (AvgIpc) is 2.79. The number of aromatic nitrogens is 2. The van der Waals surface area contributed by atoms with Crippen LogP contribution in [-0.4, -0.2) is 16.4 Å². The van der Waals surface area contributed by atoms with Crippen LogP contribution in [0.2, 0.25) is 0 Å². The molecule has 0 amide bonds. The molecule has 0 atom stereocenters. The summed E-state index contributed by atoms with van der Waals surface area (Å²) in [5.41, 5.74) is 2.26. The van der Waals surface area contributed by atoms with Crippen LogP contribution in [0, 0.1) is 6.92 Å². The lowest BCUT2D eigenvalue weighted by molar-refractivity contribution is 0.340. The number of ether oxygens (including phenoxy) is 1. The molecule has 1 N–H and O–H groups in total. The Morgan fingerprint density at radius 3 is 2.50 bits per heavy atom. The van der Waals surface area contributed by atoms with Gasteiger partial charge in [-0.25, -0.2) is 4.68 Å². The minimum atomic E-state index is 0. The van der Waals surface area contributed by atoms with E-state index in [0.29, 0.717) is 6.61 Å². The van der Waals surface area contributed by atoms with E-state index in [1.54, 1.807) is 0 Å². The maximum absolute atomic E-state index is 5.43. The van der Waals surface area contributed by atoms with Crippen molar-refractivity contribution >= 4 is 18.2 Å². The number of halogens is 1. The van der Waals surface area contributed by atoms with Gasteiger partial charge in [0.05, 0.1) is 12.3 Å². The first-order valence-corrected chi connectivity index (χ1v) is 6.73. The Hall–Kier alpha value is -1.68. The molecule has 0 bridgehead atoms. The third-order valence-electron chi connectivity index (χ3n) is 2.91. The lowest BCUT2D eigenvalue weighted by Gasteiger charge is -2.09. The molecule has 4 nitrogen and oxygen atoms in total. The zero-order valence-electron chi connectivity index (χ0n) is 12.2. The fourth-order valence-electron chi connectivity index (χ4n) is 1.99. The topological polar surface area (TPSA) is 39.1 Å². The van der Waals surface area contributed by atoms with Crippen LogP contribution in [0.5, 0.6) is 5.75 Å². The summed E-state index contributed by atoms with van der Waals surface area (Å²) in [5, 5.41) is 7.83. The van der Waals surface area contributed by atoms with Crippen molar-refractivity contribution in [2.24, 2.45) is 0 Å². The van der Waals surface area contributed by atoms with Crippen LogP contribution >= 0.6 is 12.4 Å². The molecular formula is C15H22ClN3O. The second-order valence-electron chi connectivity index (χ2n) is 4.42. The van der Waals surface area contributed by atoms with E-state index in [1.165, 1.54) is 5.56 Å². The highest BCUT2D eigenvalue weighted by Crippen LogP contribution is 2.15. The van der Waals surface area contributed by atoms with E-state index in [1.807, 2.05) is 30.7 Å². The maximum atomic E-state index is 5.43. The van der Waals surface area contributed by atoms with Crippen molar-refractivity contribution in [1.29, 1.82) is 0 Å². The summed E-state index contributed by atoms with van der Waals surface area (Å²) >= 11 is 0. The highest BCUT2D eigenvalue weighted by molar-refractivity contribution is 5.85. The molecule has 0 aliphatic heterocycles. The zero-order chi connectivity index (χ0) is 13.7. The van der Waals surface area contributed by atoms with Crippen molar-refractivity contribution in [3.63, 3.8) is 0 Å². The highest BCUT2D eigenvalue weighted by atomic mass is 35.5. The first-order chi connectivity index (χ1) is 9.22. The van der Waals surface area contributed by atoms with Gasteiger partial charge in [0.25, 0.3) is 0 Å². The van der Waals surface area contributed by atoms with Crippen LogP contribution in [0.15, 0.2) is 30.3 Å². The van der Waals surface area contributed by atoms with Crippen molar-refractivity contribution in [1.82, 2.24) is 9.78 Å². The standard InChI is InChI=1S/C15H21N3O.ClH/c1-4-18-15(10-12(3)17-18)16-11-13-6-8-14(9-7-13)19-5-2;/h6-10,16H,4-5,11H2,1-3H3;1H. The number of benzene rings is 1. The van der Waals surface area contributed by atoms with Gasteiger partial charge in [0.15, 0.2) is 0 Å². The fraction of sp³-hybridized carbons (Fsp3) is 0.400. The maximum Gasteiger partial charge on any atom is 0.124 e. The molecular weight excluding hydrogens is 274 g/mol. The molecule has 0 spiro atoms. The van der Waals surface area contributed by atoms with Crippen molar-refractivity contribution in [3.8, 4) is 5.75 Å². The molecule has 1 aromatic carbocycles. The molecule has 0 aliphatic rings. The Balaban J connectivity index is 0.00000200. The predicted molar refractivity (Wildman–Crippen MR) is 84.8 cm³/mol. The normalized spacial score (nSPS) is 9.95. The summed E-state index contributed by atoms with van der Waals surface area (Å²) in [6.07, 6.45) is 0. The summed E-state index contributed by atoms with van der Waals surface area (Å²) in [5.74, 6) is 1.98. The van der Waals surface area contributed by atoms with E-state index in [4.69, 9.17) is 4.74 Å². The Labute approximate surface area is 126 Å². The van der Waals surface area contributed by atoms with Crippen LogP contribution in [0.3, 0.4) is 0 Å². The lowest BCUT2D eigenvalue weighted by Crippen LogP contribution is -2.06. The second kappa shape index (κ2) is 7.80. The molecule has 20 heavy (non-hydrogen) atoms. The Morgan fingerprint density at radius 2 is 1.90 bits per heavy atom. The number of rotatable bonds is 6. The van der Waals surface area contributed by atoms with Gasteiger partial charge in [-0.3, -0.25) is 0 Å². The number of nitrogens with zero attached hydrogens (tertiary/aromatic N) is 2. The molecule has 0 unspecified atom stereocenters. The van der Waals surface area contributed by atoms with E-state index < -0.39 is 0 Å². The van der Waals surface area contributed by atoms with E-state index in [2.05, 4.69) is 35.5 Å². The predicted octanol–water partition coefficient (Wildman–Crippen LogP) is 3.64. The molecule has 1 heterocycles. The van der Waals surface area contributed by atoms with Gasteiger partial charge < -0.3 is 10.1 Å². The summed E-state index contributed by atoms with van der Waals surface area (Å²) < 4.78 is 7.41. The number of aryl methyl sites for hydroxylation is 2. The molecule has 1 aromatic heterocycles. The molecule has 2 aromatic rings. The van der Waals surface area contributed by atoms with Crippen LogP contribution in [0.25, 0.3) is 0 Å². The third-order valence-corrected chi connectivity index (χ3v) is 2.91. The molecule has 0 saturated carbocycles. The fourth-order valence-corrected chi connectivity index (χ4v) is 1.99. The van der Waals surface area contributed by atoms with Gasteiger partial charge in [0.1, 0.15) is 11.6 Å². The summed E-state index contributed by atoms with van der Waals surface area (Å²) in [6.45, 7) is 8.45. The van der Waals surface area contributed by atoms with Gasteiger partial charge in [-0.2, -0.15) is 5.10 Å². The number of nitrogens with one attached hydrogen (secondary N) is 1. The van der Waals surface area contributed by atoms with Crippen LogP contribution in [0.4, 0.5) is 5.82 Å². The first kappa shape index (κ1) is 16.4. The molecule has 2 rings (SSSR count). The van der Waals surface area contributed by atoms with Gasteiger partial charge in [-0.1, -0.05) is 12.1 Å². The molecule has 0 aliphatic carbocycles. The van der Waals surface area contributed by atoms with Crippen LogP contribution < -0.4 is 10.1 Å². The van der Waals surface area contributed by atoms with Gasteiger partial charge in [-0.05, 0) is 38.5 Å². The minimum absolute atomic E-state index is 0. The van der Waals surface area contributed by atoms with Gasteiger partial charge in [0.2, 0.25) is 0 Å². The third kappa shape index (κ3) is 4.17. The van der Waals surface area contributed by atoms with E-state index in [0.717, 1.165) is 30.4 Å². The average molecular weight is 296 g/mol. The van der Waals surface area contributed by atoms with Gasteiger partial charge in [-0.15, -0.1) is 12.4 Å². The van der Waals surface area contributed by atoms with Crippen molar-refractivity contribution in [2.45, 2.75) is 33.9 Å². The molecule has 0 radical (unpaired) electrons. The second-order valence-corrected chi connectivity index (χ2v) is 4.42. The zero-order valence-corrected chi connectivity index (χ0v) is 13.0. The number of hydrogen-bond acceptors (Lipinski definition) is 3. The molecule has 110 valence electrons. The van der Waals surface area contributed by atoms with Crippen LogP contribution in [0.1, 0.15) is 25.1 Å². The van der Waals surface area contributed by atoms with Gasteiger partial charge >= 0.3 is 0 Å². The highest BCUT2D eigenvalue weighted by Gasteiger charge is 2.03. The van der Waals surface area contributed by atoms with Crippen LogP contribution in [-0.2, 0) is 13.1 Å². The molecule has 5 heteroatoms.